The van der Waals surface area contributed by atoms with Gasteiger partial charge in [0.25, 0.3) is 0 Å². The molecule has 0 aromatic heterocycles. The zero-order valence-corrected chi connectivity index (χ0v) is 24.5. The van der Waals surface area contributed by atoms with Gasteiger partial charge in [0.05, 0.1) is 20.0 Å². The smallest absolute Gasteiger partial charge is 0.235 e. The summed E-state index contributed by atoms with van der Waals surface area (Å²) in [5.41, 5.74) is 7.45. The van der Waals surface area contributed by atoms with Crippen LogP contribution in [0.4, 0.5) is 5.69 Å². The molecule has 0 radical (unpaired) electrons. The summed E-state index contributed by atoms with van der Waals surface area (Å²) in [6.45, 7) is 11.7. The standard InChI is InChI=1S/C29H44N4O4S/c1-8-10-11-13-22(3)18-28(33(21-34)23-15-16-24(36-6)25(19-23)37-7)38-20-27(35)32-26(31-9-2)14-12-17-29(4,5)30/h9,12,14-16,18-19,21,28H,2,8,10-11,13,17,20,30H2,1,3-7H3,(H,31,32,35)/b14-12-,22-18+. The summed E-state index contributed by atoms with van der Waals surface area (Å²) < 4.78 is 10.8. The van der Waals surface area contributed by atoms with E-state index in [-0.39, 0.29) is 17.2 Å². The number of thioether (sulfide) groups is 1. The lowest BCUT2D eigenvalue weighted by molar-refractivity contribution is -0.117. The summed E-state index contributed by atoms with van der Waals surface area (Å²) in [7, 11) is 3.11. The van der Waals surface area contributed by atoms with Crippen LogP contribution < -0.4 is 25.4 Å². The van der Waals surface area contributed by atoms with Gasteiger partial charge in [-0.15, -0.1) is 11.8 Å². The Morgan fingerprint density at radius 3 is 2.55 bits per heavy atom. The van der Waals surface area contributed by atoms with E-state index in [1.165, 1.54) is 18.0 Å². The van der Waals surface area contributed by atoms with Crippen molar-refractivity contribution in [3.63, 3.8) is 0 Å². The van der Waals surface area contributed by atoms with E-state index in [1.54, 1.807) is 43.4 Å². The maximum Gasteiger partial charge on any atom is 0.235 e. The van der Waals surface area contributed by atoms with Gasteiger partial charge in [-0.25, -0.2) is 4.99 Å². The first-order valence-electron chi connectivity index (χ1n) is 12.8. The van der Waals surface area contributed by atoms with Gasteiger partial charge in [0, 0.05) is 23.5 Å². The summed E-state index contributed by atoms with van der Waals surface area (Å²) in [5, 5.41) is 2.40. The Hall–Kier alpha value is -3.04. The maximum absolute atomic E-state index is 12.9. The van der Waals surface area contributed by atoms with E-state index in [9.17, 15) is 9.59 Å². The van der Waals surface area contributed by atoms with E-state index in [1.807, 2.05) is 26.0 Å². The number of nitrogens with two attached hydrogens (primary N) is 1. The first-order chi connectivity index (χ1) is 18.1. The number of allylic oxidation sites excluding steroid dienone is 1. The Balaban J connectivity index is 3.13. The number of anilines is 1. The molecule has 1 rings (SSSR count). The molecule has 1 atom stereocenters. The van der Waals surface area contributed by atoms with Crippen LogP contribution in [0.5, 0.6) is 11.5 Å². The zero-order chi connectivity index (χ0) is 28.6. The van der Waals surface area contributed by atoms with Gasteiger partial charge in [-0.05, 0) is 58.2 Å². The summed E-state index contributed by atoms with van der Waals surface area (Å²) >= 11 is 1.35. The van der Waals surface area contributed by atoms with Crippen LogP contribution in [0.1, 0.15) is 59.8 Å². The number of amidine groups is 1. The van der Waals surface area contributed by atoms with E-state index in [4.69, 9.17) is 15.2 Å². The van der Waals surface area contributed by atoms with E-state index < -0.39 is 5.37 Å². The lowest BCUT2D eigenvalue weighted by Crippen LogP contribution is -2.35. The molecule has 0 heterocycles. The minimum atomic E-state index is -0.411. The molecule has 38 heavy (non-hydrogen) atoms. The molecule has 0 saturated carbocycles. The Bertz CT molecular complexity index is 999. The number of rotatable bonds is 17. The van der Waals surface area contributed by atoms with Gasteiger partial charge in [0.15, 0.2) is 11.5 Å². The van der Waals surface area contributed by atoms with E-state index in [2.05, 4.69) is 30.7 Å². The molecule has 0 bridgehead atoms. The highest BCUT2D eigenvalue weighted by molar-refractivity contribution is 8.00. The highest BCUT2D eigenvalue weighted by Crippen LogP contribution is 2.34. The van der Waals surface area contributed by atoms with Gasteiger partial charge in [-0.3, -0.25) is 14.5 Å². The number of amides is 2. The number of aliphatic imine (C=N–C) groups is 1. The van der Waals surface area contributed by atoms with Crippen LogP contribution in [0.15, 0.2) is 59.8 Å². The van der Waals surface area contributed by atoms with Crippen LogP contribution in [0.2, 0.25) is 0 Å². The quantitative estimate of drug-likeness (QED) is 0.0661. The number of benzene rings is 1. The molecular weight excluding hydrogens is 500 g/mol. The van der Waals surface area contributed by atoms with Crippen molar-refractivity contribution >= 4 is 35.6 Å². The maximum atomic E-state index is 12.9. The highest BCUT2D eigenvalue weighted by Gasteiger charge is 2.21. The molecular formula is C29H44N4O4S. The van der Waals surface area contributed by atoms with Crippen LogP contribution in [0.25, 0.3) is 0 Å². The Morgan fingerprint density at radius 2 is 1.97 bits per heavy atom. The summed E-state index contributed by atoms with van der Waals surface area (Å²) in [4.78, 5) is 30.9. The average molecular weight is 545 g/mol. The average Bonchev–Trinajstić information content (AvgIpc) is 2.86. The molecule has 1 aromatic carbocycles. The number of methoxy groups -OCH3 is 2. The molecule has 0 aliphatic heterocycles. The van der Waals surface area contributed by atoms with Crippen molar-refractivity contribution in [3.8, 4) is 11.5 Å². The van der Waals surface area contributed by atoms with Gasteiger partial charge in [-0.2, -0.15) is 0 Å². The van der Waals surface area contributed by atoms with E-state index in [0.717, 1.165) is 37.7 Å². The zero-order valence-electron chi connectivity index (χ0n) is 23.7. The van der Waals surface area contributed by atoms with Gasteiger partial charge in [0.1, 0.15) is 11.2 Å². The molecule has 9 heteroatoms. The number of hydrogen-bond acceptors (Lipinski definition) is 7. The first kappa shape index (κ1) is 33.0. The minimum Gasteiger partial charge on any atom is -0.493 e. The van der Waals surface area contributed by atoms with Crippen molar-refractivity contribution in [3.05, 3.63) is 54.8 Å². The lowest BCUT2D eigenvalue weighted by atomic mass is 10.0. The van der Waals surface area contributed by atoms with E-state index >= 15 is 0 Å². The van der Waals surface area contributed by atoms with Crippen molar-refractivity contribution in [2.75, 3.05) is 24.9 Å². The first-order valence-corrected chi connectivity index (χ1v) is 13.8. The Kier molecular flexibility index (Phi) is 15.2. The van der Waals surface area contributed by atoms with Crippen LogP contribution >= 0.6 is 11.8 Å². The monoisotopic (exact) mass is 544 g/mol. The molecule has 0 spiro atoms. The number of nitrogens with zero attached hydrogens (tertiary/aromatic N) is 2. The van der Waals surface area contributed by atoms with Crippen molar-refractivity contribution in [2.45, 2.75) is 70.7 Å². The molecule has 210 valence electrons. The number of ether oxygens (including phenoxy) is 2. The minimum absolute atomic E-state index is 0.105. The van der Waals surface area contributed by atoms with E-state index in [0.29, 0.717) is 29.4 Å². The Labute approximate surface area is 232 Å². The number of unbranched alkanes of at least 4 members (excludes halogenated alkanes) is 2. The van der Waals surface area contributed by atoms with Gasteiger partial charge in [-0.1, -0.05) is 44.1 Å². The molecule has 8 nitrogen and oxygen atoms in total. The number of carbonyl (C=O) groups is 2. The predicted octanol–water partition coefficient (Wildman–Crippen LogP) is 5.59. The molecule has 1 aromatic rings. The lowest BCUT2D eigenvalue weighted by Gasteiger charge is -2.27. The fourth-order valence-electron chi connectivity index (χ4n) is 3.47. The topological polar surface area (TPSA) is 106 Å². The summed E-state index contributed by atoms with van der Waals surface area (Å²) in [5.74, 6) is 1.32. The molecule has 3 N–H and O–H groups in total. The fraction of sp³-hybridized carbons (Fsp3) is 0.483. The molecule has 0 fully saturated rings. The molecule has 2 amide bonds. The third-order valence-corrected chi connectivity index (χ3v) is 6.59. The van der Waals surface area contributed by atoms with Crippen LogP contribution in [-0.2, 0) is 9.59 Å². The summed E-state index contributed by atoms with van der Waals surface area (Å²) in [6, 6.07) is 5.30. The molecule has 0 aliphatic rings. The second kappa shape index (κ2) is 17.5. The van der Waals surface area contributed by atoms with Crippen LogP contribution in [0.3, 0.4) is 0 Å². The van der Waals surface area contributed by atoms with Gasteiger partial charge in [0.2, 0.25) is 12.3 Å². The van der Waals surface area contributed by atoms with Crippen molar-refractivity contribution in [1.29, 1.82) is 0 Å². The van der Waals surface area contributed by atoms with Gasteiger partial charge < -0.3 is 20.5 Å². The highest BCUT2D eigenvalue weighted by atomic mass is 32.2. The predicted molar refractivity (Wildman–Crippen MR) is 160 cm³/mol. The SMILES string of the molecule is C=CN=C(/C=C\CC(C)(C)N)NC(=O)CSC(/C=C(\C)CCCCC)N(C=O)c1ccc(OC)c(OC)c1. The number of hydrogen-bond donors (Lipinski definition) is 2. The van der Waals surface area contributed by atoms with Crippen LogP contribution in [-0.4, -0.2) is 49.0 Å². The molecule has 0 aliphatic carbocycles. The molecule has 0 saturated heterocycles. The normalized spacial score (nSPS) is 13.2. The van der Waals surface area contributed by atoms with Crippen molar-refractivity contribution in [1.82, 2.24) is 5.32 Å². The third-order valence-electron chi connectivity index (χ3n) is 5.46. The number of carbonyl (C=O) groups excluding carboxylic acids is 2. The second-order valence-electron chi connectivity index (χ2n) is 9.56. The summed E-state index contributed by atoms with van der Waals surface area (Å²) in [6.07, 6.45) is 12.7. The van der Waals surface area contributed by atoms with Crippen LogP contribution in [0, 0.1) is 0 Å². The Morgan fingerprint density at radius 1 is 1.26 bits per heavy atom. The van der Waals surface area contributed by atoms with Gasteiger partial charge >= 0.3 is 0 Å². The molecule has 1 unspecified atom stereocenters. The van der Waals surface area contributed by atoms with Crippen molar-refractivity contribution in [2.24, 2.45) is 10.7 Å². The largest absolute Gasteiger partial charge is 0.493 e. The van der Waals surface area contributed by atoms with Crippen molar-refractivity contribution < 1.29 is 19.1 Å². The second-order valence-corrected chi connectivity index (χ2v) is 10.7. The third kappa shape index (κ3) is 12.5. The fourth-order valence-corrected chi connectivity index (χ4v) is 4.53. The number of nitrogens with one attached hydrogen (secondary N) is 1.